The highest BCUT2D eigenvalue weighted by Gasteiger charge is 1.99. The maximum atomic E-state index is 10.7. The molecule has 0 unspecified atom stereocenters. The van der Waals surface area contributed by atoms with Gasteiger partial charge >= 0.3 is 0 Å². The second-order valence-electron chi connectivity index (χ2n) is 1.96. The van der Waals surface area contributed by atoms with Crippen LogP contribution in [0.5, 0.6) is 0 Å². The number of rotatable bonds is 2. The maximum Gasteiger partial charge on any atom is 0.223 e. The van der Waals surface area contributed by atoms with Crippen molar-refractivity contribution < 1.29 is 4.79 Å². The van der Waals surface area contributed by atoms with E-state index in [4.69, 9.17) is 6.42 Å². The molecule has 2 heteroatoms. The molecule has 0 aliphatic heterocycles. The van der Waals surface area contributed by atoms with E-state index in [2.05, 4.69) is 5.92 Å². The molecule has 0 aliphatic rings. The minimum Gasteiger partial charge on any atom is -0.349 e. The van der Waals surface area contributed by atoms with Gasteiger partial charge in [0, 0.05) is 26.9 Å². The Labute approximate surface area is 55.8 Å². The smallest absolute Gasteiger partial charge is 0.223 e. The Morgan fingerprint density at radius 2 is 2.22 bits per heavy atom. The average Bonchev–Trinajstić information content (AvgIpc) is 1.82. The van der Waals surface area contributed by atoms with E-state index in [1.807, 2.05) is 0 Å². The van der Waals surface area contributed by atoms with Gasteiger partial charge in [-0.1, -0.05) is 5.92 Å². The Bertz CT molecular complexity index is 132. The summed E-state index contributed by atoms with van der Waals surface area (Å²) in [5.41, 5.74) is 0. The molecule has 0 aromatic rings. The van der Waals surface area contributed by atoms with Crippen LogP contribution in [0.3, 0.4) is 0 Å². The molecular formula is C7H10NO. The van der Waals surface area contributed by atoms with E-state index in [-0.39, 0.29) is 5.91 Å². The van der Waals surface area contributed by atoms with E-state index < -0.39 is 0 Å². The molecule has 0 N–H and O–H groups in total. The van der Waals surface area contributed by atoms with Gasteiger partial charge in [0.25, 0.3) is 0 Å². The summed E-state index contributed by atoms with van der Waals surface area (Å²) >= 11 is 0. The van der Waals surface area contributed by atoms with Crippen LogP contribution in [0, 0.1) is 12.3 Å². The van der Waals surface area contributed by atoms with E-state index in [1.54, 1.807) is 14.1 Å². The van der Waals surface area contributed by atoms with Gasteiger partial charge in [0.1, 0.15) is 0 Å². The fraction of sp³-hybridized carbons (Fsp3) is 0.571. The van der Waals surface area contributed by atoms with Crippen molar-refractivity contribution in [2.75, 3.05) is 14.1 Å². The molecule has 0 rings (SSSR count). The number of carbonyl (C=O) groups excluding carboxylic acids is 1. The fourth-order valence-electron chi connectivity index (χ4n) is 0.393. The van der Waals surface area contributed by atoms with Crippen molar-refractivity contribution in [3.05, 3.63) is 6.42 Å². The van der Waals surface area contributed by atoms with Crippen molar-refractivity contribution in [2.45, 2.75) is 12.8 Å². The van der Waals surface area contributed by atoms with Crippen LogP contribution < -0.4 is 0 Å². The Morgan fingerprint density at radius 3 is 2.56 bits per heavy atom. The summed E-state index contributed by atoms with van der Waals surface area (Å²) in [7, 11) is 3.40. The van der Waals surface area contributed by atoms with Crippen LogP contribution in [0.15, 0.2) is 0 Å². The van der Waals surface area contributed by atoms with Crippen molar-refractivity contribution in [3.8, 4) is 5.92 Å². The molecule has 0 bridgehead atoms. The second-order valence-corrected chi connectivity index (χ2v) is 1.96. The highest BCUT2D eigenvalue weighted by Crippen LogP contribution is 1.90. The standard InChI is InChI=1S/C7H10NO/c1-4-5-6-7(9)8(2)3/h5-6H2,2-3H3. The van der Waals surface area contributed by atoms with E-state index in [0.29, 0.717) is 12.8 Å². The minimum absolute atomic E-state index is 0.0507. The first-order valence-electron chi connectivity index (χ1n) is 2.78. The first kappa shape index (κ1) is 8.03. The molecule has 2 nitrogen and oxygen atoms in total. The summed E-state index contributed by atoms with van der Waals surface area (Å²) in [4.78, 5) is 12.2. The summed E-state index contributed by atoms with van der Waals surface area (Å²) in [5.74, 6) is 2.21. The summed E-state index contributed by atoms with van der Waals surface area (Å²) in [6, 6.07) is 0. The van der Waals surface area contributed by atoms with Crippen LogP contribution in [0.4, 0.5) is 0 Å². The minimum atomic E-state index is 0.0507. The summed E-state index contributed by atoms with van der Waals surface area (Å²) in [6.07, 6.45) is 7.34. The molecule has 1 amide bonds. The molecule has 0 heterocycles. The lowest BCUT2D eigenvalue weighted by atomic mass is 10.3. The molecule has 49 valence electrons. The van der Waals surface area contributed by atoms with Crippen LogP contribution in [-0.2, 0) is 4.79 Å². The lowest BCUT2D eigenvalue weighted by Gasteiger charge is -2.07. The number of carbonyl (C=O) groups is 1. The van der Waals surface area contributed by atoms with Crippen molar-refractivity contribution in [2.24, 2.45) is 0 Å². The van der Waals surface area contributed by atoms with Crippen LogP contribution in [-0.4, -0.2) is 24.9 Å². The largest absolute Gasteiger partial charge is 0.349 e. The zero-order valence-electron chi connectivity index (χ0n) is 5.77. The highest BCUT2D eigenvalue weighted by atomic mass is 16.2. The zero-order valence-corrected chi connectivity index (χ0v) is 5.77. The van der Waals surface area contributed by atoms with Crippen molar-refractivity contribution in [1.82, 2.24) is 4.90 Å². The van der Waals surface area contributed by atoms with Gasteiger partial charge in [-0.3, -0.25) is 4.79 Å². The molecule has 0 fully saturated rings. The van der Waals surface area contributed by atoms with Gasteiger partial charge in [0.2, 0.25) is 5.91 Å². The molecule has 0 atom stereocenters. The van der Waals surface area contributed by atoms with Gasteiger partial charge in [0.15, 0.2) is 0 Å². The monoisotopic (exact) mass is 124 g/mol. The van der Waals surface area contributed by atoms with Crippen LogP contribution in [0.1, 0.15) is 12.8 Å². The van der Waals surface area contributed by atoms with Gasteiger partial charge in [-0.05, 0) is 6.42 Å². The van der Waals surface area contributed by atoms with E-state index >= 15 is 0 Å². The number of amides is 1. The normalized spacial score (nSPS) is 8.11. The molecule has 0 aromatic carbocycles. The lowest BCUT2D eigenvalue weighted by molar-refractivity contribution is -0.128. The van der Waals surface area contributed by atoms with Gasteiger partial charge < -0.3 is 4.90 Å². The zero-order chi connectivity index (χ0) is 7.28. The van der Waals surface area contributed by atoms with E-state index in [0.717, 1.165) is 0 Å². The van der Waals surface area contributed by atoms with Crippen LogP contribution >= 0.6 is 0 Å². The molecule has 0 saturated heterocycles. The predicted molar refractivity (Wildman–Crippen MR) is 35.1 cm³/mol. The molecular weight excluding hydrogens is 114 g/mol. The first-order chi connectivity index (χ1) is 4.18. The molecule has 0 spiro atoms. The van der Waals surface area contributed by atoms with Gasteiger partial charge in [-0.2, -0.15) is 0 Å². The molecule has 0 aliphatic carbocycles. The Morgan fingerprint density at radius 1 is 1.67 bits per heavy atom. The summed E-state index contributed by atoms with van der Waals surface area (Å²) in [5, 5.41) is 0. The maximum absolute atomic E-state index is 10.7. The first-order valence-corrected chi connectivity index (χ1v) is 2.78. The third kappa shape index (κ3) is 3.60. The molecule has 9 heavy (non-hydrogen) atoms. The Balaban J connectivity index is 3.42. The number of hydrogen-bond acceptors (Lipinski definition) is 1. The van der Waals surface area contributed by atoms with Gasteiger partial charge in [-0.25, -0.2) is 0 Å². The van der Waals surface area contributed by atoms with E-state index in [9.17, 15) is 4.79 Å². The van der Waals surface area contributed by atoms with Crippen LogP contribution in [0.2, 0.25) is 0 Å². The van der Waals surface area contributed by atoms with Crippen LogP contribution in [0.25, 0.3) is 0 Å². The molecule has 0 aromatic heterocycles. The third-order valence-electron chi connectivity index (χ3n) is 0.963. The molecule has 0 saturated carbocycles. The third-order valence-corrected chi connectivity index (χ3v) is 0.963. The van der Waals surface area contributed by atoms with E-state index in [1.165, 1.54) is 4.90 Å². The second kappa shape index (κ2) is 3.96. The summed E-state index contributed by atoms with van der Waals surface area (Å²) in [6.45, 7) is 0. The van der Waals surface area contributed by atoms with Gasteiger partial charge in [0.05, 0.1) is 0 Å². The summed E-state index contributed by atoms with van der Waals surface area (Å²) < 4.78 is 0. The lowest BCUT2D eigenvalue weighted by Crippen LogP contribution is -2.20. The number of hydrogen-bond donors (Lipinski definition) is 0. The van der Waals surface area contributed by atoms with Crippen molar-refractivity contribution in [1.29, 1.82) is 0 Å². The fourth-order valence-corrected chi connectivity index (χ4v) is 0.393. The van der Waals surface area contributed by atoms with Gasteiger partial charge in [-0.15, -0.1) is 0 Å². The Kier molecular flexibility index (Phi) is 3.54. The topological polar surface area (TPSA) is 20.3 Å². The SMILES string of the molecule is [C]#CCCC(=O)N(C)C. The quantitative estimate of drug-likeness (QED) is 0.489. The highest BCUT2D eigenvalue weighted by molar-refractivity contribution is 5.75. The van der Waals surface area contributed by atoms with Crippen molar-refractivity contribution in [3.63, 3.8) is 0 Å². The predicted octanol–water partition coefficient (Wildman–Crippen LogP) is 0.445. The van der Waals surface area contributed by atoms with Crippen molar-refractivity contribution >= 4 is 5.91 Å². The average molecular weight is 124 g/mol. The molecule has 1 radical (unpaired) electrons. The Hall–Kier alpha value is -0.970. The number of nitrogens with zero attached hydrogens (tertiary/aromatic N) is 1.